The van der Waals surface area contributed by atoms with E-state index in [4.69, 9.17) is 4.74 Å². The van der Waals surface area contributed by atoms with Crippen LogP contribution in [0.25, 0.3) is 0 Å². The zero-order chi connectivity index (χ0) is 17.9. The molecule has 5 nitrogen and oxygen atoms in total. The van der Waals surface area contributed by atoms with Gasteiger partial charge in [0.15, 0.2) is 5.78 Å². The first-order valence-electron chi connectivity index (χ1n) is 9.95. The molecule has 0 bridgehead atoms. The summed E-state index contributed by atoms with van der Waals surface area (Å²) in [5.41, 5.74) is 0.252. The normalized spacial score (nSPS) is 35.8. The van der Waals surface area contributed by atoms with Gasteiger partial charge < -0.3 is 14.5 Å². The monoisotopic (exact) mass is 354 g/mol. The van der Waals surface area contributed by atoms with Crippen molar-refractivity contribution in [1.82, 2.24) is 9.80 Å². The molecule has 2 aliphatic carbocycles. The summed E-state index contributed by atoms with van der Waals surface area (Å²) < 4.78 is 6.41. The zero-order valence-electron chi connectivity index (χ0n) is 15.3. The smallest absolute Gasteiger partial charge is 0.226 e. The molecule has 0 N–H and O–H groups in total. The highest BCUT2D eigenvalue weighted by Gasteiger charge is 2.71. The molecule has 1 spiro atoms. The Morgan fingerprint density at radius 1 is 1.23 bits per heavy atom. The molecule has 3 fully saturated rings. The van der Waals surface area contributed by atoms with E-state index >= 15 is 0 Å². The maximum absolute atomic E-state index is 13.1. The minimum atomic E-state index is -0.443. The van der Waals surface area contributed by atoms with Crippen LogP contribution in [0.3, 0.4) is 0 Å². The van der Waals surface area contributed by atoms with E-state index in [0.717, 1.165) is 45.6 Å². The van der Waals surface area contributed by atoms with Gasteiger partial charge in [0, 0.05) is 38.0 Å². The predicted octanol–water partition coefficient (Wildman–Crippen LogP) is 2.21. The lowest BCUT2D eigenvalue weighted by Gasteiger charge is -2.38. The highest BCUT2D eigenvalue weighted by Crippen LogP contribution is 2.66. The van der Waals surface area contributed by atoms with Crippen LogP contribution in [0.1, 0.15) is 36.5 Å². The van der Waals surface area contributed by atoms with Crippen molar-refractivity contribution in [3.8, 4) is 5.75 Å². The highest BCUT2D eigenvalue weighted by molar-refractivity contribution is 6.00. The van der Waals surface area contributed by atoms with E-state index < -0.39 is 5.60 Å². The van der Waals surface area contributed by atoms with Crippen molar-refractivity contribution in [2.45, 2.75) is 31.8 Å². The summed E-state index contributed by atoms with van der Waals surface area (Å²) in [6.07, 6.45) is 2.33. The molecule has 138 valence electrons. The van der Waals surface area contributed by atoms with Crippen molar-refractivity contribution in [2.24, 2.45) is 17.8 Å². The molecule has 1 amide bonds. The van der Waals surface area contributed by atoms with Crippen LogP contribution in [0, 0.1) is 17.8 Å². The number of likely N-dealkylation sites (N-methyl/N-ethyl adjacent to an activating group) is 1. The van der Waals surface area contributed by atoms with Gasteiger partial charge >= 0.3 is 0 Å². The molecule has 1 aromatic rings. The van der Waals surface area contributed by atoms with Gasteiger partial charge in [-0.2, -0.15) is 0 Å². The maximum atomic E-state index is 13.1. The van der Waals surface area contributed by atoms with Crippen LogP contribution in [-0.2, 0) is 4.79 Å². The van der Waals surface area contributed by atoms with Crippen molar-refractivity contribution < 1.29 is 14.3 Å². The second-order valence-electron chi connectivity index (χ2n) is 8.28. The van der Waals surface area contributed by atoms with Gasteiger partial charge in [-0.05, 0) is 37.4 Å². The van der Waals surface area contributed by atoms with E-state index in [1.807, 2.05) is 29.2 Å². The fraction of sp³-hybridized carbons (Fsp3) is 0.619. The number of carbonyl (C=O) groups excluding carboxylic acids is 2. The maximum Gasteiger partial charge on any atom is 0.226 e. The van der Waals surface area contributed by atoms with Gasteiger partial charge in [-0.1, -0.05) is 19.1 Å². The second-order valence-corrected chi connectivity index (χ2v) is 8.28. The first kappa shape index (κ1) is 16.3. The third kappa shape index (κ3) is 2.33. The molecule has 4 atom stereocenters. The molecule has 2 saturated carbocycles. The summed E-state index contributed by atoms with van der Waals surface area (Å²) in [7, 11) is 0. The minimum absolute atomic E-state index is 0.0648. The number of hydrogen-bond acceptors (Lipinski definition) is 4. The van der Waals surface area contributed by atoms with Crippen molar-refractivity contribution in [3.05, 3.63) is 29.8 Å². The van der Waals surface area contributed by atoms with Gasteiger partial charge in [0.2, 0.25) is 5.91 Å². The third-order valence-electron chi connectivity index (χ3n) is 7.05. The van der Waals surface area contributed by atoms with Crippen molar-refractivity contribution in [1.29, 1.82) is 0 Å². The third-order valence-corrected chi connectivity index (χ3v) is 7.05. The lowest BCUT2D eigenvalue weighted by atomic mass is 9.84. The number of ketones is 1. The Morgan fingerprint density at radius 2 is 2.00 bits per heavy atom. The average Bonchev–Trinajstić information content (AvgIpc) is 3.32. The van der Waals surface area contributed by atoms with E-state index in [9.17, 15) is 9.59 Å². The molecule has 1 aromatic carbocycles. The standard InChI is InChI=1S/C21H26N2O3/c1-2-22-9-11-23(12-10-22)20(25)18-15-7-8-21(19(15)18)13-16(24)14-5-3-4-6-17(14)26-21/h3-6,15,18-19H,2,7-13H2,1H3/t15-,18+,19+,21-/m1/s1. The second kappa shape index (κ2) is 5.81. The summed E-state index contributed by atoms with van der Waals surface area (Å²) in [5, 5.41) is 0. The van der Waals surface area contributed by atoms with Crippen molar-refractivity contribution in [2.75, 3.05) is 32.7 Å². The molecule has 26 heavy (non-hydrogen) atoms. The van der Waals surface area contributed by atoms with Crippen LogP contribution in [0.2, 0.25) is 0 Å². The number of hydrogen-bond donors (Lipinski definition) is 0. The zero-order valence-corrected chi connectivity index (χ0v) is 15.3. The number of nitrogens with zero attached hydrogens (tertiary/aromatic N) is 2. The Bertz CT molecular complexity index is 755. The molecule has 0 unspecified atom stereocenters. The number of Topliss-reactive ketones (excluding diaryl/α,β-unsaturated/α-hetero) is 1. The summed E-state index contributed by atoms with van der Waals surface area (Å²) in [5.74, 6) is 1.86. The first-order valence-corrected chi connectivity index (χ1v) is 9.95. The Balaban J connectivity index is 1.33. The van der Waals surface area contributed by atoms with Crippen LogP contribution in [0.5, 0.6) is 5.75 Å². The Hall–Kier alpha value is -1.88. The quantitative estimate of drug-likeness (QED) is 0.817. The van der Waals surface area contributed by atoms with E-state index in [1.54, 1.807) is 0 Å². The minimum Gasteiger partial charge on any atom is -0.486 e. The number of fused-ring (bicyclic) bond motifs is 3. The number of benzene rings is 1. The molecule has 4 aliphatic rings. The van der Waals surface area contributed by atoms with E-state index in [2.05, 4.69) is 11.8 Å². The summed E-state index contributed by atoms with van der Waals surface area (Å²) in [6.45, 7) is 6.82. The van der Waals surface area contributed by atoms with E-state index in [-0.39, 0.29) is 17.6 Å². The first-order chi connectivity index (χ1) is 12.6. The SMILES string of the molecule is CCN1CCN(C(=O)[C@H]2[C@H]3CC[C@@]4(CC(=O)c5ccccc5O4)[C@@H]32)CC1. The molecule has 5 heteroatoms. The highest BCUT2D eigenvalue weighted by atomic mass is 16.5. The lowest BCUT2D eigenvalue weighted by molar-refractivity contribution is -0.136. The van der Waals surface area contributed by atoms with Crippen molar-refractivity contribution in [3.63, 3.8) is 0 Å². The van der Waals surface area contributed by atoms with Crippen LogP contribution >= 0.6 is 0 Å². The molecule has 2 aliphatic heterocycles. The summed E-state index contributed by atoms with van der Waals surface area (Å²) in [6, 6.07) is 7.54. The Labute approximate surface area is 154 Å². The number of ether oxygens (including phenoxy) is 1. The fourth-order valence-corrected chi connectivity index (χ4v) is 5.59. The molecule has 1 saturated heterocycles. The average molecular weight is 354 g/mol. The van der Waals surface area contributed by atoms with Crippen molar-refractivity contribution >= 4 is 11.7 Å². The van der Waals surface area contributed by atoms with Gasteiger partial charge in [0.05, 0.1) is 12.0 Å². The Morgan fingerprint density at radius 3 is 2.77 bits per heavy atom. The molecule has 0 radical (unpaired) electrons. The van der Waals surface area contributed by atoms with Crippen LogP contribution in [0.4, 0.5) is 0 Å². The van der Waals surface area contributed by atoms with E-state index in [1.165, 1.54) is 0 Å². The number of amides is 1. The number of piperazine rings is 1. The molecule has 0 aromatic heterocycles. The largest absolute Gasteiger partial charge is 0.486 e. The molecular weight excluding hydrogens is 328 g/mol. The predicted molar refractivity (Wildman–Crippen MR) is 97.1 cm³/mol. The van der Waals surface area contributed by atoms with Crippen LogP contribution < -0.4 is 4.74 Å². The van der Waals surface area contributed by atoms with Gasteiger partial charge in [0.25, 0.3) is 0 Å². The van der Waals surface area contributed by atoms with Gasteiger partial charge in [-0.3, -0.25) is 9.59 Å². The number of para-hydroxylation sites is 1. The van der Waals surface area contributed by atoms with Gasteiger partial charge in [-0.25, -0.2) is 0 Å². The number of carbonyl (C=O) groups is 2. The summed E-state index contributed by atoms with van der Waals surface area (Å²) in [4.78, 5) is 30.2. The van der Waals surface area contributed by atoms with Crippen LogP contribution in [0.15, 0.2) is 24.3 Å². The molecular formula is C21H26N2O3. The molecule has 2 heterocycles. The van der Waals surface area contributed by atoms with Gasteiger partial charge in [0.1, 0.15) is 11.4 Å². The van der Waals surface area contributed by atoms with E-state index in [0.29, 0.717) is 29.6 Å². The fourth-order valence-electron chi connectivity index (χ4n) is 5.59. The van der Waals surface area contributed by atoms with Crippen LogP contribution in [-0.4, -0.2) is 59.8 Å². The van der Waals surface area contributed by atoms with Gasteiger partial charge in [-0.15, -0.1) is 0 Å². The lowest BCUT2D eigenvalue weighted by Crippen LogP contribution is -2.50. The number of rotatable bonds is 2. The topological polar surface area (TPSA) is 49.9 Å². The Kier molecular flexibility index (Phi) is 3.64. The summed E-state index contributed by atoms with van der Waals surface area (Å²) >= 11 is 0. The molecule has 5 rings (SSSR count).